The molecule has 132 valence electrons. The average Bonchev–Trinajstić information content (AvgIpc) is 2.63. The molecule has 1 fully saturated rings. The number of aromatic nitrogens is 1. The Labute approximate surface area is 145 Å². The van der Waals surface area contributed by atoms with Crippen molar-refractivity contribution in [2.45, 2.75) is 6.42 Å². The van der Waals surface area contributed by atoms with Gasteiger partial charge in [-0.05, 0) is 24.3 Å². The number of anilines is 2. The van der Waals surface area contributed by atoms with Crippen LogP contribution in [0.15, 0.2) is 42.6 Å². The number of halogens is 1. The molecule has 0 atom stereocenters. The van der Waals surface area contributed by atoms with Gasteiger partial charge in [0, 0.05) is 51.4 Å². The van der Waals surface area contributed by atoms with Crippen LogP contribution in [-0.4, -0.2) is 53.6 Å². The minimum Gasteiger partial charge on any atom is -0.508 e. The third-order valence-electron chi connectivity index (χ3n) is 4.23. The van der Waals surface area contributed by atoms with Crippen LogP contribution < -0.4 is 10.2 Å². The van der Waals surface area contributed by atoms with Crippen molar-refractivity contribution in [1.82, 2.24) is 9.88 Å². The number of phenols is 1. The molecule has 3 rings (SSSR count). The fourth-order valence-electron chi connectivity index (χ4n) is 2.82. The van der Waals surface area contributed by atoms with E-state index in [2.05, 4.69) is 20.1 Å². The maximum absolute atomic E-state index is 13.6. The summed E-state index contributed by atoms with van der Waals surface area (Å²) in [6, 6.07) is 9.54. The van der Waals surface area contributed by atoms with Gasteiger partial charge >= 0.3 is 0 Å². The Hall–Kier alpha value is -2.67. The number of piperazine rings is 1. The van der Waals surface area contributed by atoms with Crippen LogP contribution in [0.1, 0.15) is 6.42 Å². The highest BCUT2D eigenvalue weighted by Crippen LogP contribution is 2.19. The number of phenolic OH excluding ortho intramolecular Hbond substituents is 1. The van der Waals surface area contributed by atoms with Crippen LogP contribution in [-0.2, 0) is 4.79 Å². The van der Waals surface area contributed by atoms with Crippen LogP contribution >= 0.6 is 0 Å². The number of nitrogens with one attached hydrogen (secondary N) is 1. The molecule has 1 aromatic carbocycles. The van der Waals surface area contributed by atoms with Crippen LogP contribution in [0, 0.1) is 5.82 Å². The first-order chi connectivity index (χ1) is 12.1. The third-order valence-corrected chi connectivity index (χ3v) is 4.23. The number of aromatic hydroxyl groups is 1. The molecule has 1 aliphatic heterocycles. The summed E-state index contributed by atoms with van der Waals surface area (Å²) in [5, 5.41) is 11.7. The highest BCUT2D eigenvalue weighted by atomic mass is 19.1. The van der Waals surface area contributed by atoms with E-state index in [1.54, 1.807) is 6.20 Å². The van der Waals surface area contributed by atoms with Crippen molar-refractivity contribution in [2.24, 2.45) is 0 Å². The van der Waals surface area contributed by atoms with Gasteiger partial charge in [-0.25, -0.2) is 9.37 Å². The van der Waals surface area contributed by atoms with Gasteiger partial charge in [-0.3, -0.25) is 9.69 Å². The Morgan fingerprint density at radius 1 is 1.20 bits per heavy atom. The van der Waals surface area contributed by atoms with Crippen molar-refractivity contribution in [1.29, 1.82) is 0 Å². The lowest BCUT2D eigenvalue weighted by atomic mass is 10.2. The number of carbonyl (C=O) groups is 1. The fraction of sp³-hybridized carbons (Fsp3) is 0.333. The molecule has 2 heterocycles. The first-order valence-electron chi connectivity index (χ1n) is 8.28. The number of hydrogen-bond donors (Lipinski definition) is 2. The van der Waals surface area contributed by atoms with Gasteiger partial charge in [0.2, 0.25) is 5.91 Å². The summed E-state index contributed by atoms with van der Waals surface area (Å²) >= 11 is 0. The number of amides is 1. The molecule has 1 aromatic heterocycles. The van der Waals surface area contributed by atoms with Crippen molar-refractivity contribution >= 4 is 17.4 Å². The lowest BCUT2D eigenvalue weighted by Gasteiger charge is -2.35. The predicted octanol–water partition coefficient (Wildman–Crippen LogP) is 2.08. The van der Waals surface area contributed by atoms with E-state index in [0.29, 0.717) is 13.0 Å². The van der Waals surface area contributed by atoms with E-state index in [1.807, 2.05) is 18.2 Å². The van der Waals surface area contributed by atoms with Gasteiger partial charge in [-0.1, -0.05) is 6.07 Å². The molecule has 25 heavy (non-hydrogen) atoms. The Balaban J connectivity index is 1.43. The molecule has 0 aliphatic carbocycles. The smallest absolute Gasteiger partial charge is 0.225 e. The molecule has 0 spiro atoms. The van der Waals surface area contributed by atoms with Gasteiger partial charge in [0.15, 0.2) is 0 Å². The minimum absolute atomic E-state index is 0.0859. The van der Waals surface area contributed by atoms with Gasteiger partial charge < -0.3 is 15.3 Å². The molecular formula is C18H21FN4O2. The van der Waals surface area contributed by atoms with E-state index in [1.165, 1.54) is 12.1 Å². The molecule has 1 saturated heterocycles. The predicted molar refractivity (Wildman–Crippen MR) is 94.2 cm³/mol. The zero-order chi connectivity index (χ0) is 17.6. The summed E-state index contributed by atoms with van der Waals surface area (Å²) in [5.41, 5.74) is 0.0859. The molecule has 6 nitrogen and oxygen atoms in total. The molecule has 1 aliphatic rings. The topological polar surface area (TPSA) is 68.7 Å². The Morgan fingerprint density at radius 3 is 2.68 bits per heavy atom. The van der Waals surface area contributed by atoms with Crippen LogP contribution in [0.25, 0.3) is 0 Å². The van der Waals surface area contributed by atoms with Crippen molar-refractivity contribution in [2.75, 3.05) is 42.9 Å². The first kappa shape index (κ1) is 17.2. The highest BCUT2D eigenvalue weighted by Gasteiger charge is 2.18. The maximum atomic E-state index is 13.6. The summed E-state index contributed by atoms with van der Waals surface area (Å²) in [7, 11) is 0. The molecule has 1 amide bonds. The van der Waals surface area contributed by atoms with Crippen LogP contribution in [0.3, 0.4) is 0 Å². The quantitative estimate of drug-likeness (QED) is 0.813. The summed E-state index contributed by atoms with van der Waals surface area (Å²) in [6.45, 7) is 4.08. The summed E-state index contributed by atoms with van der Waals surface area (Å²) < 4.78 is 13.6. The molecule has 7 heteroatoms. The second kappa shape index (κ2) is 7.94. The lowest BCUT2D eigenvalue weighted by molar-refractivity contribution is -0.116. The number of hydrogen-bond acceptors (Lipinski definition) is 5. The van der Waals surface area contributed by atoms with Gasteiger partial charge in [-0.2, -0.15) is 0 Å². The monoisotopic (exact) mass is 344 g/mol. The standard InChI is InChI=1S/C18H21FN4O2/c19-15-13-14(24)4-5-16(15)21-18(25)6-8-22-9-11-23(12-10-22)17-3-1-2-7-20-17/h1-5,7,13,24H,6,8-12H2,(H,21,25). The van der Waals surface area contributed by atoms with Crippen molar-refractivity contribution < 1.29 is 14.3 Å². The second-order valence-corrected chi connectivity index (χ2v) is 5.98. The van der Waals surface area contributed by atoms with Crippen LogP contribution in [0.5, 0.6) is 5.75 Å². The van der Waals surface area contributed by atoms with Crippen molar-refractivity contribution in [3.8, 4) is 5.75 Å². The zero-order valence-electron chi connectivity index (χ0n) is 13.9. The van der Waals surface area contributed by atoms with Gasteiger partial charge in [0.1, 0.15) is 17.4 Å². The minimum atomic E-state index is -0.641. The Kier molecular flexibility index (Phi) is 5.45. The number of rotatable bonds is 5. The van der Waals surface area contributed by atoms with Crippen LogP contribution in [0.4, 0.5) is 15.9 Å². The molecule has 2 aromatic rings. The largest absolute Gasteiger partial charge is 0.508 e. The number of pyridine rings is 1. The Bertz CT molecular complexity index is 718. The van der Waals surface area contributed by atoms with Gasteiger partial charge in [0.05, 0.1) is 5.69 Å². The molecule has 0 radical (unpaired) electrons. The number of carbonyl (C=O) groups excluding carboxylic acids is 1. The number of nitrogens with zero attached hydrogens (tertiary/aromatic N) is 3. The summed E-state index contributed by atoms with van der Waals surface area (Å²) in [6.07, 6.45) is 2.08. The van der Waals surface area contributed by atoms with Crippen molar-refractivity contribution in [3.63, 3.8) is 0 Å². The fourth-order valence-corrected chi connectivity index (χ4v) is 2.82. The van der Waals surface area contributed by atoms with E-state index in [-0.39, 0.29) is 17.3 Å². The zero-order valence-corrected chi connectivity index (χ0v) is 13.9. The average molecular weight is 344 g/mol. The van der Waals surface area contributed by atoms with E-state index in [4.69, 9.17) is 0 Å². The van der Waals surface area contributed by atoms with E-state index < -0.39 is 5.82 Å². The van der Waals surface area contributed by atoms with E-state index in [0.717, 1.165) is 38.1 Å². The van der Waals surface area contributed by atoms with Gasteiger partial charge in [-0.15, -0.1) is 0 Å². The third kappa shape index (κ3) is 4.67. The van der Waals surface area contributed by atoms with Crippen LogP contribution in [0.2, 0.25) is 0 Å². The van der Waals surface area contributed by atoms with E-state index >= 15 is 0 Å². The molecule has 2 N–H and O–H groups in total. The molecule has 0 saturated carbocycles. The van der Waals surface area contributed by atoms with Gasteiger partial charge in [0.25, 0.3) is 0 Å². The summed E-state index contributed by atoms with van der Waals surface area (Å²) in [5.74, 6) is -0.0713. The van der Waals surface area contributed by atoms with E-state index in [9.17, 15) is 14.3 Å². The normalized spacial score (nSPS) is 15.2. The molecule has 0 unspecified atom stereocenters. The second-order valence-electron chi connectivity index (χ2n) is 5.98. The highest BCUT2D eigenvalue weighted by molar-refractivity contribution is 5.91. The summed E-state index contributed by atoms with van der Waals surface area (Å²) in [4.78, 5) is 20.8. The SMILES string of the molecule is O=C(CCN1CCN(c2ccccn2)CC1)Nc1ccc(O)cc1F. The molecular weight excluding hydrogens is 323 g/mol. The maximum Gasteiger partial charge on any atom is 0.225 e. The molecule has 0 bridgehead atoms. The Morgan fingerprint density at radius 2 is 2.00 bits per heavy atom. The first-order valence-corrected chi connectivity index (χ1v) is 8.28. The number of benzene rings is 1. The van der Waals surface area contributed by atoms with Crippen molar-refractivity contribution in [3.05, 3.63) is 48.4 Å². The lowest BCUT2D eigenvalue weighted by Crippen LogP contribution is -2.47.